The topological polar surface area (TPSA) is 110 Å². The van der Waals surface area contributed by atoms with E-state index in [0.717, 1.165) is 11.1 Å². The summed E-state index contributed by atoms with van der Waals surface area (Å²) in [5, 5.41) is 17.7. The summed E-state index contributed by atoms with van der Waals surface area (Å²) < 4.78 is 11.7. The number of ether oxygens (including phenoxy) is 1. The maximum absolute atomic E-state index is 10.9. The van der Waals surface area contributed by atoms with Crippen molar-refractivity contribution < 1.29 is 29.0 Å². The third-order valence-electron chi connectivity index (χ3n) is 4.40. The van der Waals surface area contributed by atoms with Crippen LogP contribution in [0.15, 0.2) is 52.9 Å². The highest BCUT2D eigenvalue weighted by Gasteiger charge is 2.24. The number of hydrogen-bond donors (Lipinski definition) is 2. The van der Waals surface area contributed by atoms with E-state index in [4.69, 9.17) is 19.4 Å². The first-order valence-corrected chi connectivity index (χ1v) is 9.09. The summed E-state index contributed by atoms with van der Waals surface area (Å²) in [5.41, 5.74) is 2.24. The number of carboxylic acid groups (broad SMARTS) is 2. The molecule has 2 aromatic carbocycles. The molecule has 3 aromatic rings. The molecule has 3 rings (SSSR count). The van der Waals surface area contributed by atoms with Gasteiger partial charge in [-0.05, 0) is 37.1 Å². The number of unbranched alkanes of at least 4 members (excludes halogenated alkanes) is 2. The molecule has 0 aliphatic rings. The molecule has 0 aliphatic carbocycles. The molecule has 146 valence electrons. The van der Waals surface area contributed by atoms with E-state index in [-0.39, 0.29) is 6.42 Å². The van der Waals surface area contributed by atoms with Crippen LogP contribution in [-0.2, 0) is 9.59 Å². The van der Waals surface area contributed by atoms with Crippen molar-refractivity contribution in [3.8, 4) is 17.2 Å². The van der Waals surface area contributed by atoms with Crippen molar-refractivity contribution in [1.29, 1.82) is 0 Å². The van der Waals surface area contributed by atoms with Crippen LogP contribution in [-0.4, -0.2) is 33.7 Å². The minimum Gasteiger partial charge on any atom is -0.493 e. The second-order valence-corrected chi connectivity index (χ2v) is 6.41. The number of nitrogens with zero attached hydrogens (tertiary/aromatic N) is 1. The summed E-state index contributed by atoms with van der Waals surface area (Å²) in [6.45, 7) is 0.433. The van der Waals surface area contributed by atoms with Crippen molar-refractivity contribution >= 4 is 23.0 Å². The third-order valence-corrected chi connectivity index (χ3v) is 4.40. The Hall–Kier alpha value is -3.35. The molecule has 0 fully saturated rings. The zero-order valence-corrected chi connectivity index (χ0v) is 15.2. The maximum atomic E-state index is 10.9. The van der Waals surface area contributed by atoms with Gasteiger partial charge >= 0.3 is 11.9 Å². The standard InChI is InChI=1S/C21H21NO6/c23-20(24)15(21(25)26)9-2-1-7-13-27-17-11-5-3-8-14(17)19-22-16-10-4-6-12-18(16)28-19/h3-6,8,10-12,15H,1-2,7,9,13H2,(H,23,24)(H,25,26). The molecule has 0 saturated carbocycles. The number of rotatable bonds is 10. The van der Waals surface area contributed by atoms with Crippen LogP contribution in [0, 0.1) is 5.92 Å². The molecule has 0 amide bonds. The fourth-order valence-corrected chi connectivity index (χ4v) is 2.92. The first kappa shape index (κ1) is 19.4. The minimum atomic E-state index is -1.35. The van der Waals surface area contributed by atoms with Crippen molar-refractivity contribution in [2.45, 2.75) is 25.7 Å². The Kier molecular flexibility index (Phi) is 6.26. The summed E-state index contributed by atoms with van der Waals surface area (Å²) in [4.78, 5) is 26.2. The van der Waals surface area contributed by atoms with Crippen molar-refractivity contribution in [3.63, 3.8) is 0 Å². The van der Waals surface area contributed by atoms with Crippen LogP contribution in [0.5, 0.6) is 5.75 Å². The Balaban J connectivity index is 1.54. The van der Waals surface area contributed by atoms with Gasteiger partial charge in [0.2, 0.25) is 5.89 Å². The monoisotopic (exact) mass is 383 g/mol. The molecule has 0 aliphatic heterocycles. The lowest BCUT2D eigenvalue weighted by molar-refractivity contribution is -0.154. The number of aliphatic carboxylic acids is 2. The summed E-state index contributed by atoms with van der Waals surface area (Å²) in [5.74, 6) is -2.79. The van der Waals surface area contributed by atoms with Gasteiger partial charge in [0.1, 0.15) is 11.3 Å². The van der Waals surface area contributed by atoms with Crippen molar-refractivity contribution in [2.75, 3.05) is 6.61 Å². The van der Waals surface area contributed by atoms with Gasteiger partial charge in [-0.2, -0.15) is 0 Å². The van der Waals surface area contributed by atoms with E-state index in [1.54, 1.807) is 0 Å². The second kappa shape index (κ2) is 9.03. The van der Waals surface area contributed by atoms with E-state index in [0.29, 0.717) is 43.1 Å². The highest BCUT2D eigenvalue weighted by atomic mass is 16.5. The van der Waals surface area contributed by atoms with Gasteiger partial charge in [0, 0.05) is 0 Å². The van der Waals surface area contributed by atoms with Crippen LogP contribution >= 0.6 is 0 Å². The van der Waals surface area contributed by atoms with Gasteiger partial charge in [-0.1, -0.05) is 37.1 Å². The zero-order chi connectivity index (χ0) is 19.9. The van der Waals surface area contributed by atoms with E-state index in [1.165, 1.54) is 0 Å². The predicted molar refractivity (Wildman–Crippen MR) is 102 cm³/mol. The van der Waals surface area contributed by atoms with Crippen LogP contribution in [0.4, 0.5) is 0 Å². The van der Waals surface area contributed by atoms with Gasteiger partial charge in [0.15, 0.2) is 11.5 Å². The van der Waals surface area contributed by atoms with Crippen LogP contribution < -0.4 is 4.74 Å². The number of para-hydroxylation sites is 3. The first-order chi connectivity index (χ1) is 13.6. The average Bonchev–Trinajstić information content (AvgIpc) is 3.11. The van der Waals surface area contributed by atoms with E-state index in [9.17, 15) is 9.59 Å². The Morgan fingerprint density at radius 1 is 0.964 bits per heavy atom. The molecule has 1 heterocycles. The molecular weight excluding hydrogens is 362 g/mol. The Morgan fingerprint density at radius 2 is 1.68 bits per heavy atom. The smallest absolute Gasteiger partial charge is 0.317 e. The van der Waals surface area contributed by atoms with Gasteiger partial charge in [-0.25, -0.2) is 4.98 Å². The SMILES string of the molecule is O=C(O)C(CCCCCOc1ccccc1-c1nc2ccccc2o1)C(=O)O. The number of benzene rings is 2. The quantitative estimate of drug-likeness (QED) is 0.398. The molecule has 0 bridgehead atoms. The maximum Gasteiger partial charge on any atom is 0.317 e. The van der Waals surface area contributed by atoms with Gasteiger partial charge in [0.05, 0.1) is 12.2 Å². The normalized spacial score (nSPS) is 11.0. The second-order valence-electron chi connectivity index (χ2n) is 6.41. The molecule has 0 radical (unpaired) electrons. The molecule has 0 saturated heterocycles. The number of carboxylic acids is 2. The summed E-state index contributed by atoms with van der Waals surface area (Å²) in [6.07, 6.45) is 2.00. The number of oxazole rings is 1. The van der Waals surface area contributed by atoms with Crippen LogP contribution in [0.2, 0.25) is 0 Å². The van der Waals surface area contributed by atoms with Crippen molar-refractivity contribution in [2.24, 2.45) is 5.92 Å². The molecule has 0 unspecified atom stereocenters. The number of fused-ring (bicyclic) bond motifs is 1. The molecule has 28 heavy (non-hydrogen) atoms. The van der Waals surface area contributed by atoms with Gasteiger partial charge < -0.3 is 19.4 Å². The summed E-state index contributed by atoms with van der Waals surface area (Å²) >= 11 is 0. The largest absolute Gasteiger partial charge is 0.493 e. The fraction of sp³-hybridized carbons (Fsp3) is 0.286. The number of aromatic nitrogens is 1. The Labute approximate surface area is 161 Å². The lowest BCUT2D eigenvalue weighted by atomic mass is 10.0. The highest BCUT2D eigenvalue weighted by molar-refractivity contribution is 5.92. The van der Waals surface area contributed by atoms with Crippen LogP contribution in [0.1, 0.15) is 25.7 Å². The summed E-state index contributed by atoms with van der Waals surface area (Å²) in [6, 6.07) is 15.0. The van der Waals surface area contributed by atoms with Crippen LogP contribution in [0.3, 0.4) is 0 Å². The number of hydrogen-bond acceptors (Lipinski definition) is 5. The van der Waals surface area contributed by atoms with Crippen molar-refractivity contribution in [1.82, 2.24) is 4.98 Å². The van der Waals surface area contributed by atoms with Gasteiger partial charge in [0.25, 0.3) is 0 Å². The van der Waals surface area contributed by atoms with Crippen LogP contribution in [0.25, 0.3) is 22.6 Å². The minimum absolute atomic E-state index is 0.115. The average molecular weight is 383 g/mol. The Bertz CT molecular complexity index is 917. The van der Waals surface area contributed by atoms with E-state index in [2.05, 4.69) is 4.98 Å². The fourth-order valence-electron chi connectivity index (χ4n) is 2.92. The molecule has 7 heteroatoms. The lowest BCUT2D eigenvalue weighted by Gasteiger charge is -2.10. The van der Waals surface area contributed by atoms with E-state index in [1.807, 2.05) is 48.5 Å². The zero-order valence-electron chi connectivity index (χ0n) is 15.2. The van der Waals surface area contributed by atoms with E-state index < -0.39 is 17.9 Å². The first-order valence-electron chi connectivity index (χ1n) is 9.09. The lowest BCUT2D eigenvalue weighted by Crippen LogP contribution is -2.23. The molecule has 7 nitrogen and oxygen atoms in total. The Morgan fingerprint density at radius 3 is 2.43 bits per heavy atom. The molecule has 1 aromatic heterocycles. The number of carbonyl (C=O) groups is 2. The molecule has 0 atom stereocenters. The summed E-state index contributed by atoms with van der Waals surface area (Å²) in [7, 11) is 0. The molecular formula is C21H21NO6. The van der Waals surface area contributed by atoms with Crippen molar-refractivity contribution in [3.05, 3.63) is 48.5 Å². The van der Waals surface area contributed by atoms with Gasteiger partial charge in [-0.15, -0.1) is 0 Å². The molecule has 0 spiro atoms. The highest BCUT2D eigenvalue weighted by Crippen LogP contribution is 2.31. The van der Waals surface area contributed by atoms with E-state index >= 15 is 0 Å². The predicted octanol–water partition coefficient (Wildman–Crippen LogP) is 4.22. The molecule has 2 N–H and O–H groups in total. The van der Waals surface area contributed by atoms with Gasteiger partial charge in [-0.3, -0.25) is 9.59 Å². The third kappa shape index (κ3) is 4.68.